The van der Waals surface area contributed by atoms with E-state index in [1.165, 1.54) is 16.8 Å². The Morgan fingerprint density at radius 2 is 1.88 bits per heavy atom. The molecule has 0 saturated carbocycles. The summed E-state index contributed by atoms with van der Waals surface area (Å²) in [6, 6.07) is 8.70. The topological polar surface area (TPSA) is 146 Å². The van der Waals surface area contributed by atoms with E-state index in [2.05, 4.69) is 9.82 Å². The molecule has 40 heavy (non-hydrogen) atoms. The average Bonchev–Trinajstić information content (AvgIpc) is 3.25. The monoisotopic (exact) mass is 571 g/mol. The fourth-order valence-corrected chi connectivity index (χ4v) is 5.72. The van der Waals surface area contributed by atoms with Gasteiger partial charge in [-0.25, -0.2) is 13.1 Å². The third kappa shape index (κ3) is 6.01. The molecule has 2 aromatic carbocycles. The van der Waals surface area contributed by atoms with Crippen LogP contribution in [0.2, 0.25) is 0 Å². The second kappa shape index (κ2) is 11.7. The van der Waals surface area contributed by atoms with Crippen molar-refractivity contribution >= 4 is 21.6 Å². The third-order valence-electron chi connectivity index (χ3n) is 6.77. The number of hydrogen-bond acceptors (Lipinski definition) is 8. The Hall–Kier alpha value is -3.81. The molecule has 214 valence electrons. The summed E-state index contributed by atoms with van der Waals surface area (Å²) in [5.41, 5.74) is 2.58. The standard InChI is InChI=1S/C27H33N5O7S/c1-6-19(4)29-40(36,37)24-16-21(32(34)35)9-10-23(24)39-27-20(5)25(26(33)30-11-13-38-14-12-30)28-31(27)22-15-17(2)7-8-18(22)3/h7-10,15-16,19,29H,6,11-14H2,1-5H3/t19-/m1/s1. The van der Waals surface area contributed by atoms with Crippen molar-refractivity contribution in [3.63, 3.8) is 0 Å². The van der Waals surface area contributed by atoms with E-state index in [0.717, 1.165) is 17.2 Å². The third-order valence-corrected chi connectivity index (χ3v) is 8.38. The number of morpholine rings is 1. The van der Waals surface area contributed by atoms with Crippen molar-refractivity contribution in [3.05, 3.63) is 68.9 Å². The molecule has 0 aliphatic carbocycles. The van der Waals surface area contributed by atoms with Gasteiger partial charge in [0.15, 0.2) is 5.69 Å². The zero-order valence-electron chi connectivity index (χ0n) is 23.1. The first kappa shape index (κ1) is 29.2. The molecule has 1 fully saturated rings. The maximum atomic E-state index is 13.5. The van der Waals surface area contributed by atoms with Gasteiger partial charge in [0, 0.05) is 36.8 Å². The van der Waals surface area contributed by atoms with E-state index in [1.807, 2.05) is 39.0 Å². The molecule has 0 spiro atoms. The number of non-ortho nitro benzene ring substituents is 1. The Bertz CT molecular complexity index is 1540. The van der Waals surface area contributed by atoms with E-state index in [0.29, 0.717) is 44.0 Å². The van der Waals surface area contributed by atoms with Crippen LogP contribution in [0.5, 0.6) is 11.6 Å². The molecule has 1 aliphatic rings. The first-order valence-electron chi connectivity index (χ1n) is 13.0. The van der Waals surface area contributed by atoms with Crippen LogP contribution in [0.1, 0.15) is 47.4 Å². The van der Waals surface area contributed by atoms with Gasteiger partial charge in [0.1, 0.15) is 10.6 Å². The Morgan fingerprint density at radius 1 is 1.18 bits per heavy atom. The molecule has 4 rings (SSSR count). The molecule has 1 aliphatic heterocycles. The minimum absolute atomic E-state index is 0.124. The van der Waals surface area contributed by atoms with Crippen LogP contribution in [0.25, 0.3) is 5.69 Å². The number of sulfonamides is 1. The van der Waals surface area contributed by atoms with Crippen molar-refractivity contribution < 1.29 is 27.6 Å². The van der Waals surface area contributed by atoms with Crippen molar-refractivity contribution in [2.45, 2.75) is 52.0 Å². The van der Waals surface area contributed by atoms with Crippen LogP contribution in [0.3, 0.4) is 0 Å². The van der Waals surface area contributed by atoms with Crippen molar-refractivity contribution in [1.29, 1.82) is 0 Å². The molecule has 1 aromatic heterocycles. The van der Waals surface area contributed by atoms with Gasteiger partial charge < -0.3 is 14.4 Å². The number of carbonyl (C=O) groups excluding carboxylic acids is 1. The van der Waals surface area contributed by atoms with Gasteiger partial charge in [-0.15, -0.1) is 0 Å². The molecule has 1 saturated heterocycles. The predicted octanol–water partition coefficient (Wildman–Crippen LogP) is 4.05. The lowest BCUT2D eigenvalue weighted by atomic mass is 10.1. The van der Waals surface area contributed by atoms with Crippen LogP contribution in [0.4, 0.5) is 5.69 Å². The highest BCUT2D eigenvalue weighted by atomic mass is 32.2. The van der Waals surface area contributed by atoms with Gasteiger partial charge in [-0.05, 0) is 57.4 Å². The van der Waals surface area contributed by atoms with E-state index in [-0.39, 0.29) is 23.2 Å². The zero-order chi connectivity index (χ0) is 29.2. The second-order valence-corrected chi connectivity index (χ2v) is 11.5. The first-order chi connectivity index (χ1) is 18.9. The Kier molecular flexibility index (Phi) is 8.57. The highest BCUT2D eigenvalue weighted by Crippen LogP contribution is 2.36. The lowest BCUT2D eigenvalue weighted by Crippen LogP contribution is -2.41. The number of aromatic nitrogens is 2. The van der Waals surface area contributed by atoms with E-state index < -0.39 is 31.6 Å². The fraction of sp³-hybridized carbons (Fsp3) is 0.407. The predicted molar refractivity (Wildman–Crippen MR) is 148 cm³/mol. The van der Waals surface area contributed by atoms with Gasteiger partial charge in [0.25, 0.3) is 11.6 Å². The number of nitrogens with one attached hydrogen (secondary N) is 1. The smallest absolute Gasteiger partial charge is 0.274 e. The number of aryl methyl sites for hydroxylation is 2. The summed E-state index contributed by atoms with van der Waals surface area (Å²) in [4.78, 5) is 25.6. The number of nitro benzene ring substituents is 1. The summed E-state index contributed by atoms with van der Waals surface area (Å²) in [5, 5.41) is 16.1. The van der Waals surface area contributed by atoms with E-state index in [1.54, 1.807) is 18.7 Å². The van der Waals surface area contributed by atoms with Crippen molar-refractivity contribution in [3.8, 4) is 17.3 Å². The minimum Gasteiger partial charge on any atom is -0.437 e. The number of amides is 1. The maximum absolute atomic E-state index is 13.5. The molecule has 2 heterocycles. The van der Waals surface area contributed by atoms with E-state index in [9.17, 15) is 23.3 Å². The largest absolute Gasteiger partial charge is 0.437 e. The van der Waals surface area contributed by atoms with Crippen LogP contribution < -0.4 is 9.46 Å². The first-order valence-corrected chi connectivity index (χ1v) is 14.4. The van der Waals surface area contributed by atoms with Crippen LogP contribution in [0.15, 0.2) is 41.3 Å². The number of rotatable bonds is 9. The van der Waals surface area contributed by atoms with Gasteiger partial charge in [-0.1, -0.05) is 19.1 Å². The summed E-state index contributed by atoms with van der Waals surface area (Å²) >= 11 is 0. The van der Waals surface area contributed by atoms with Gasteiger partial charge in [-0.2, -0.15) is 9.78 Å². The number of nitro groups is 1. The van der Waals surface area contributed by atoms with Crippen LogP contribution in [-0.4, -0.2) is 66.3 Å². The summed E-state index contributed by atoms with van der Waals surface area (Å²) < 4.78 is 42.3. The average molecular weight is 572 g/mol. The maximum Gasteiger partial charge on any atom is 0.274 e. The molecule has 1 atom stereocenters. The highest BCUT2D eigenvalue weighted by molar-refractivity contribution is 7.89. The van der Waals surface area contributed by atoms with Crippen LogP contribution in [0, 0.1) is 30.9 Å². The molecule has 1 N–H and O–H groups in total. The highest BCUT2D eigenvalue weighted by Gasteiger charge is 2.30. The van der Waals surface area contributed by atoms with Crippen molar-refractivity contribution in [1.82, 2.24) is 19.4 Å². The molecule has 3 aromatic rings. The number of benzene rings is 2. The molecule has 13 heteroatoms. The quantitative estimate of drug-likeness (QED) is 0.299. The number of ether oxygens (including phenoxy) is 2. The number of hydrogen-bond donors (Lipinski definition) is 1. The summed E-state index contributed by atoms with van der Waals surface area (Å²) in [7, 11) is -4.21. The Labute approximate surface area is 233 Å². The number of carbonyl (C=O) groups is 1. The molecule has 12 nitrogen and oxygen atoms in total. The van der Waals surface area contributed by atoms with Gasteiger partial charge in [0.05, 0.1) is 23.8 Å². The summed E-state index contributed by atoms with van der Waals surface area (Å²) in [5.74, 6) is -0.315. The zero-order valence-corrected chi connectivity index (χ0v) is 23.9. The molecular weight excluding hydrogens is 538 g/mol. The SMILES string of the molecule is CC[C@@H](C)NS(=O)(=O)c1cc([N+](=O)[O-])ccc1Oc1c(C)c(C(=O)N2CCOCC2)nn1-c1cc(C)ccc1C. The second-order valence-electron chi connectivity index (χ2n) is 9.81. The Balaban J connectivity index is 1.89. The molecular formula is C27H33N5O7S. The van der Waals surface area contributed by atoms with Crippen molar-refractivity contribution in [2.24, 2.45) is 0 Å². The summed E-state index contributed by atoms with van der Waals surface area (Å²) in [6.45, 7) is 10.6. The minimum atomic E-state index is -4.21. The van der Waals surface area contributed by atoms with Gasteiger partial charge in [0.2, 0.25) is 15.9 Å². The van der Waals surface area contributed by atoms with Gasteiger partial charge in [-0.3, -0.25) is 14.9 Å². The Morgan fingerprint density at radius 3 is 2.52 bits per heavy atom. The van der Waals surface area contributed by atoms with Crippen LogP contribution in [-0.2, 0) is 14.8 Å². The van der Waals surface area contributed by atoms with E-state index in [4.69, 9.17) is 9.47 Å². The van der Waals surface area contributed by atoms with Crippen LogP contribution >= 0.6 is 0 Å². The lowest BCUT2D eigenvalue weighted by molar-refractivity contribution is -0.385. The fourth-order valence-electron chi connectivity index (χ4n) is 4.25. The molecule has 0 unspecified atom stereocenters. The van der Waals surface area contributed by atoms with E-state index >= 15 is 0 Å². The number of nitrogens with zero attached hydrogens (tertiary/aromatic N) is 4. The van der Waals surface area contributed by atoms with Crippen molar-refractivity contribution in [2.75, 3.05) is 26.3 Å². The molecule has 1 amide bonds. The lowest BCUT2D eigenvalue weighted by Gasteiger charge is -2.26. The summed E-state index contributed by atoms with van der Waals surface area (Å²) in [6.07, 6.45) is 0.510. The molecule has 0 radical (unpaired) electrons. The molecule has 0 bridgehead atoms. The van der Waals surface area contributed by atoms with Gasteiger partial charge >= 0.3 is 0 Å². The normalized spacial score (nSPS) is 14.7.